The van der Waals surface area contributed by atoms with Gasteiger partial charge in [-0.3, -0.25) is 14.8 Å². The van der Waals surface area contributed by atoms with E-state index in [4.69, 9.17) is 5.84 Å². The Morgan fingerprint density at radius 3 is 2.53 bits per heavy atom. The highest BCUT2D eigenvalue weighted by molar-refractivity contribution is 7.18. The zero-order valence-electron chi connectivity index (χ0n) is 16.7. The van der Waals surface area contributed by atoms with E-state index in [1.54, 1.807) is 42.7 Å². The lowest BCUT2D eigenvalue weighted by molar-refractivity contribution is 0.0927. The van der Waals surface area contributed by atoms with E-state index in [2.05, 4.69) is 10.3 Å². The van der Waals surface area contributed by atoms with Gasteiger partial charge in [0.25, 0.3) is 11.6 Å². The number of nitrogens with zero attached hydrogens (tertiary/aromatic N) is 2. The van der Waals surface area contributed by atoms with E-state index in [0.29, 0.717) is 11.3 Å². The van der Waals surface area contributed by atoms with Crippen LogP contribution in [-0.4, -0.2) is 22.6 Å². The van der Waals surface area contributed by atoms with Crippen molar-refractivity contribution < 1.29 is 13.6 Å². The fraction of sp³-hybridized carbons (Fsp3) is 0.364. The Morgan fingerprint density at radius 2 is 1.93 bits per heavy atom. The lowest BCUT2D eigenvalue weighted by Gasteiger charge is -2.26. The number of amides is 1. The van der Waals surface area contributed by atoms with Crippen LogP contribution < -0.4 is 16.2 Å². The molecule has 0 spiro atoms. The van der Waals surface area contributed by atoms with Gasteiger partial charge in [-0.25, -0.2) is 5.84 Å². The number of aromatic nitrogens is 1. The fourth-order valence-electron chi connectivity index (χ4n) is 3.56. The standard InChI is InChI=1S/C22H27F2N4OP/c23-22(24,30)20(13-8-16-5-4-14-26-15-16)28(25)19-11-9-17(10-12-19)21(29)27-18-6-2-1-3-7-18/h4-5,9-15,18H,1-3,6-8,25,30H2,(H,27,29)/b20-13-. The molecule has 0 bridgehead atoms. The number of halogens is 2. The van der Waals surface area contributed by atoms with Gasteiger partial charge in [-0.1, -0.05) is 40.6 Å². The van der Waals surface area contributed by atoms with E-state index < -0.39 is 5.66 Å². The number of pyridine rings is 1. The van der Waals surface area contributed by atoms with Crippen LogP contribution in [0.3, 0.4) is 0 Å². The molecule has 1 aliphatic rings. The molecule has 8 heteroatoms. The fourth-order valence-corrected chi connectivity index (χ4v) is 3.81. The predicted molar refractivity (Wildman–Crippen MR) is 118 cm³/mol. The molecule has 1 heterocycles. The lowest BCUT2D eigenvalue weighted by Crippen LogP contribution is -2.37. The number of anilines is 1. The third-order valence-electron chi connectivity index (χ3n) is 5.20. The number of nitrogens with two attached hydrogens (primary N) is 1. The van der Waals surface area contributed by atoms with Crippen molar-refractivity contribution in [3.8, 4) is 0 Å². The molecule has 1 amide bonds. The summed E-state index contributed by atoms with van der Waals surface area (Å²) in [6.07, 6.45) is 10.4. The zero-order chi connectivity index (χ0) is 21.6. The highest BCUT2D eigenvalue weighted by Crippen LogP contribution is 2.34. The minimum Gasteiger partial charge on any atom is -0.349 e. The first-order valence-electron chi connectivity index (χ1n) is 10.1. The summed E-state index contributed by atoms with van der Waals surface area (Å²) in [5.74, 6) is 5.87. The molecule has 1 aromatic carbocycles. The minimum absolute atomic E-state index is 0.152. The average Bonchev–Trinajstić information content (AvgIpc) is 2.74. The second-order valence-corrected chi connectivity index (χ2v) is 8.23. The molecule has 1 saturated carbocycles. The van der Waals surface area contributed by atoms with Gasteiger partial charge in [-0.05, 0) is 55.2 Å². The molecule has 1 aromatic heterocycles. The average molecular weight is 432 g/mol. The van der Waals surface area contributed by atoms with Gasteiger partial charge in [0, 0.05) is 24.0 Å². The van der Waals surface area contributed by atoms with Gasteiger partial charge in [0.15, 0.2) is 0 Å². The molecule has 1 unspecified atom stereocenters. The maximum absolute atomic E-state index is 14.2. The summed E-state index contributed by atoms with van der Waals surface area (Å²) in [7, 11) is 1.52. The number of hydrogen-bond donors (Lipinski definition) is 2. The van der Waals surface area contributed by atoms with Crippen LogP contribution >= 0.6 is 9.24 Å². The topological polar surface area (TPSA) is 71.2 Å². The molecule has 2 aromatic rings. The van der Waals surface area contributed by atoms with Crippen molar-refractivity contribution in [2.75, 3.05) is 5.01 Å². The van der Waals surface area contributed by atoms with Crippen molar-refractivity contribution in [1.82, 2.24) is 10.3 Å². The van der Waals surface area contributed by atoms with E-state index in [1.165, 1.54) is 21.7 Å². The van der Waals surface area contributed by atoms with E-state index >= 15 is 0 Å². The number of hydrazine groups is 1. The van der Waals surface area contributed by atoms with Gasteiger partial charge in [-0.15, -0.1) is 0 Å². The van der Waals surface area contributed by atoms with Crippen LogP contribution in [-0.2, 0) is 6.42 Å². The highest BCUT2D eigenvalue weighted by atomic mass is 31.0. The Bertz CT molecular complexity index is 863. The van der Waals surface area contributed by atoms with E-state index in [0.717, 1.165) is 36.3 Å². The molecular formula is C22H27F2N4OP. The van der Waals surface area contributed by atoms with Crippen LogP contribution in [0.2, 0.25) is 0 Å². The summed E-state index contributed by atoms with van der Waals surface area (Å²) in [6, 6.07) is 10.1. The van der Waals surface area contributed by atoms with E-state index in [-0.39, 0.29) is 24.1 Å². The normalized spacial score (nSPS) is 15.7. The third-order valence-corrected chi connectivity index (χ3v) is 5.50. The predicted octanol–water partition coefficient (Wildman–Crippen LogP) is 4.42. The van der Waals surface area contributed by atoms with Crippen molar-refractivity contribution in [1.29, 1.82) is 0 Å². The van der Waals surface area contributed by atoms with E-state index in [1.807, 2.05) is 6.07 Å². The summed E-state index contributed by atoms with van der Waals surface area (Å²) < 4.78 is 28.4. The van der Waals surface area contributed by atoms with Gasteiger partial charge >= 0.3 is 0 Å². The van der Waals surface area contributed by atoms with Crippen LogP contribution in [0.15, 0.2) is 60.6 Å². The number of nitrogens with one attached hydrogen (secondary N) is 1. The Morgan fingerprint density at radius 1 is 1.23 bits per heavy atom. The maximum Gasteiger partial charge on any atom is 0.299 e. The number of benzene rings is 1. The Kier molecular flexibility index (Phi) is 7.51. The minimum atomic E-state index is -3.21. The van der Waals surface area contributed by atoms with Gasteiger partial charge < -0.3 is 5.32 Å². The molecule has 1 atom stereocenters. The molecular weight excluding hydrogens is 405 g/mol. The molecule has 0 radical (unpaired) electrons. The summed E-state index contributed by atoms with van der Waals surface area (Å²) in [6.45, 7) is 0. The molecule has 1 fully saturated rings. The highest BCUT2D eigenvalue weighted by Gasteiger charge is 2.32. The first-order valence-corrected chi connectivity index (χ1v) is 10.6. The summed E-state index contributed by atoms with van der Waals surface area (Å²) in [5.41, 5.74) is -1.92. The first kappa shape index (κ1) is 22.3. The maximum atomic E-state index is 14.2. The van der Waals surface area contributed by atoms with Gasteiger partial charge in [0.2, 0.25) is 0 Å². The van der Waals surface area contributed by atoms with Crippen LogP contribution in [0.4, 0.5) is 14.5 Å². The van der Waals surface area contributed by atoms with Crippen LogP contribution in [0, 0.1) is 0 Å². The summed E-state index contributed by atoms with van der Waals surface area (Å²) in [4.78, 5) is 16.4. The van der Waals surface area contributed by atoms with Crippen molar-refractivity contribution in [3.63, 3.8) is 0 Å². The Labute approximate surface area is 177 Å². The van der Waals surface area contributed by atoms with Gasteiger partial charge in [0.05, 0.1) is 5.69 Å². The molecule has 1 aliphatic carbocycles. The molecule has 0 saturated heterocycles. The van der Waals surface area contributed by atoms with Crippen LogP contribution in [0.25, 0.3) is 0 Å². The number of rotatable bonds is 7. The molecule has 5 nitrogen and oxygen atoms in total. The van der Waals surface area contributed by atoms with Crippen molar-refractivity contribution in [2.45, 2.75) is 50.2 Å². The summed E-state index contributed by atoms with van der Waals surface area (Å²) in [5, 5.41) is 4.00. The van der Waals surface area contributed by atoms with Crippen molar-refractivity contribution >= 4 is 20.8 Å². The lowest BCUT2D eigenvalue weighted by atomic mass is 9.95. The number of hydrogen-bond acceptors (Lipinski definition) is 4. The van der Waals surface area contributed by atoms with Gasteiger partial charge in [-0.2, -0.15) is 8.78 Å². The van der Waals surface area contributed by atoms with Crippen LogP contribution in [0.5, 0.6) is 0 Å². The zero-order valence-corrected chi connectivity index (χ0v) is 17.9. The van der Waals surface area contributed by atoms with E-state index in [9.17, 15) is 13.6 Å². The summed E-state index contributed by atoms with van der Waals surface area (Å²) >= 11 is 0. The van der Waals surface area contributed by atoms with Crippen LogP contribution in [0.1, 0.15) is 48.0 Å². The monoisotopic (exact) mass is 432 g/mol. The number of carbonyl (C=O) groups excluding carboxylic acids is 1. The van der Waals surface area contributed by atoms with Gasteiger partial charge in [0.1, 0.15) is 5.70 Å². The number of allylic oxidation sites excluding steroid dienone is 2. The largest absolute Gasteiger partial charge is 0.349 e. The molecule has 3 N–H and O–H groups in total. The quantitative estimate of drug-likeness (QED) is 0.386. The molecule has 3 rings (SSSR count). The molecule has 160 valence electrons. The van der Waals surface area contributed by atoms with Crippen molar-refractivity contribution in [2.24, 2.45) is 5.84 Å². The number of carbonyl (C=O) groups is 1. The second-order valence-electron chi connectivity index (χ2n) is 7.50. The molecule has 0 aliphatic heterocycles. The van der Waals surface area contributed by atoms with Crippen molar-refractivity contribution in [3.05, 3.63) is 71.7 Å². The third kappa shape index (κ3) is 6.07. The SMILES string of the molecule is NN(/C(=C\Cc1cccnc1)C(F)(F)P)c1ccc(C(=O)NC2CCCCC2)cc1. The Balaban J connectivity index is 1.71. The number of alkyl halides is 2. The first-order chi connectivity index (χ1) is 14.3. The smallest absolute Gasteiger partial charge is 0.299 e. The second kappa shape index (κ2) is 10.1. The molecule has 30 heavy (non-hydrogen) atoms. The Hall–Kier alpha value is -2.37.